The molecule has 0 saturated carbocycles. The van der Waals surface area contributed by atoms with Gasteiger partial charge in [-0.2, -0.15) is 0 Å². The van der Waals surface area contributed by atoms with Gasteiger partial charge in [-0.05, 0) is 30.4 Å². The highest BCUT2D eigenvalue weighted by molar-refractivity contribution is 7.80. The molecule has 0 aliphatic carbocycles. The molecule has 1 aromatic rings. The zero-order valence-corrected chi connectivity index (χ0v) is 13.4. The second-order valence-corrected chi connectivity index (χ2v) is 5.58. The van der Waals surface area contributed by atoms with Gasteiger partial charge in [0, 0.05) is 17.1 Å². The minimum atomic E-state index is -0.661. The molecule has 114 valence electrons. The Morgan fingerprint density at radius 1 is 1.36 bits per heavy atom. The Bertz CT molecular complexity index is 731. The Kier molecular flexibility index (Phi) is 4.85. The molecule has 0 bridgehead atoms. The SMILES string of the molecule is C=CCN1C(=O)/C(=C/c2cc(Cl)cc(Cl)c2O)C(=O)NC1=S. The van der Waals surface area contributed by atoms with E-state index in [2.05, 4.69) is 11.9 Å². The Labute approximate surface area is 141 Å². The van der Waals surface area contributed by atoms with Crippen molar-refractivity contribution >= 4 is 58.4 Å². The van der Waals surface area contributed by atoms with Gasteiger partial charge in [-0.1, -0.05) is 29.3 Å². The van der Waals surface area contributed by atoms with Crippen molar-refractivity contribution in [3.63, 3.8) is 0 Å². The molecule has 8 heteroatoms. The Morgan fingerprint density at radius 3 is 2.68 bits per heavy atom. The van der Waals surface area contributed by atoms with E-state index in [9.17, 15) is 14.7 Å². The van der Waals surface area contributed by atoms with Gasteiger partial charge in [-0.25, -0.2) is 0 Å². The first kappa shape index (κ1) is 16.5. The van der Waals surface area contributed by atoms with E-state index in [1.165, 1.54) is 29.2 Å². The number of carbonyl (C=O) groups is 2. The Hall–Kier alpha value is -1.89. The van der Waals surface area contributed by atoms with E-state index in [1.807, 2.05) is 0 Å². The molecule has 0 aromatic heterocycles. The van der Waals surface area contributed by atoms with Crippen molar-refractivity contribution in [1.29, 1.82) is 0 Å². The van der Waals surface area contributed by atoms with Crippen LogP contribution in [0.2, 0.25) is 10.0 Å². The maximum atomic E-state index is 12.3. The highest BCUT2D eigenvalue weighted by atomic mass is 35.5. The highest BCUT2D eigenvalue weighted by Gasteiger charge is 2.32. The van der Waals surface area contributed by atoms with Crippen LogP contribution in [0.4, 0.5) is 0 Å². The number of hydrogen-bond acceptors (Lipinski definition) is 4. The predicted molar refractivity (Wildman–Crippen MR) is 88.8 cm³/mol. The first-order valence-corrected chi connectivity index (χ1v) is 7.19. The maximum absolute atomic E-state index is 12.3. The number of carbonyl (C=O) groups excluding carboxylic acids is 2. The number of aromatic hydroxyl groups is 1. The number of thiocarbonyl (C=S) groups is 1. The van der Waals surface area contributed by atoms with Gasteiger partial charge in [0.1, 0.15) is 11.3 Å². The van der Waals surface area contributed by atoms with Crippen LogP contribution in [0.25, 0.3) is 6.08 Å². The lowest BCUT2D eigenvalue weighted by molar-refractivity contribution is -0.128. The van der Waals surface area contributed by atoms with Gasteiger partial charge in [0.05, 0.1) is 5.02 Å². The van der Waals surface area contributed by atoms with Crippen LogP contribution in [-0.2, 0) is 9.59 Å². The monoisotopic (exact) mass is 356 g/mol. The molecule has 1 saturated heterocycles. The number of amides is 2. The second-order valence-electron chi connectivity index (χ2n) is 4.35. The largest absolute Gasteiger partial charge is 0.506 e. The van der Waals surface area contributed by atoms with E-state index < -0.39 is 11.8 Å². The summed E-state index contributed by atoms with van der Waals surface area (Å²) in [5.74, 6) is -1.53. The number of nitrogens with one attached hydrogen (secondary N) is 1. The van der Waals surface area contributed by atoms with Crippen molar-refractivity contribution in [3.05, 3.63) is 46.0 Å². The van der Waals surface area contributed by atoms with Gasteiger partial charge >= 0.3 is 0 Å². The number of nitrogens with zero attached hydrogens (tertiary/aromatic N) is 1. The van der Waals surface area contributed by atoms with E-state index in [1.54, 1.807) is 0 Å². The third-order valence-electron chi connectivity index (χ3n) is 2.85. The molecule has 5 nitrogen and oxygen atoms in total. The number of phenols is 1. The summed E-state index contributed by atoms with van der Waals surface area (Å²) in [5, 5.41) is 12.6. The van der Waals surface area contributed by atoms with Crippen LogP contribution < -0.4 is 5.32 Å². The molecule has 2 amide bonds. The van der Waals surface area contributed by atoms with Crippen molar-refractivity contribution in [1.82, 2.24) is 10.2 Å². The smallest absolute Gasteiger partial charge is 0.265 e. The summed E-state index contributed by atoms with van der Waals surface area (Å²) in [7, 11) is 0. The van der Waals surface area contributed by atoms with E-state index in [0.29, 0.717) is 0 Å². The standard InChI is InChI=1S/C14H10Cl2N2O3S/c1-2-3-18-13(21)9(12(20)17-14(18)22)5-7-4-8(15)6-10(16)11(7)19/h2,4-6,19H,1,3H2,(H,17,20,22)/b9-5+. The maximum Gasteiger partial charge on any atom is 0.265 e. The average molecular weight is 357 g/mol. The zero-order valence-electron chi connectivity index (χ0n) is 11.1. The van der Waals surface area contributed by atoms with Gasteiger partial charge < -0.3 is 5.11 Å². The van der Waals surface area contributed by atoms with Crippen molar-refractivity contribution in [2.24, 2.45) is 0 Å². The van der Waals surface area contributed by atoms with Gasteiger partial charge in [-0.15, -0.1) is 6.58 Å². The molecule has 0 spiro atoms. The number of hydrogen-bond donors (Lipinski definition) is 2. The van der Waals surface area contributed by atoms with Gasteiger partial charge in [0.25, 0.3) is 11.8 Å². The van der Waals surface area contributed by atoms with Crippen molar-refractivity contribution in [2.45, 2.75) is 0 Å². The molecule has 22 heavy (non-hydrogen) atoms. The lowest BCUT2D eigenvalue weighted by atomic mass is 10.1. The van der Waals surface area contributed by atoms with Gasteiger partial charge in [0.15, 0.2) is 5.11 Å². The van der Waals surface area contributed by atoms with Crippen molar-refractivity contribution in [2.75, 3.05) is 6.54 Å². The van der Waals surface area contributed by atoms with E-state index >= 15 is 0 Å². The fourth-order valence-corrected chi connectivity index (χ4v) is 2.60. The normalized spacial score (nSPS) is 16.9. The molecule has 1 aliphatic rings. The van der Waals surface area contributed by atoms with Gasteiger partial charge in [-0.3, -0.25) is 19.8 Å². The number of phenolic OH excluding ortho intramolecular Hbond substituents is 1. The first-order chi connectivity index (χ1) is 10.3. The van der Waals surface area contributed by atoms with E-state index in [0.717, 1.165) is 0 Å². The molecule has 2 rings (SSSR count). The fraction of sp³-hybridized carbons (Fsp3) is 0.0714. The minimum Gasteiger partial charge on any atom is -0.506 e. The molecule has 0 atom stereocenters. The predicted octanol–water partition coefficient (Wildman–Crippen LogP) is 2.51. The van der Waals surface area contributed by atoms with Crippen molar-refractivity contribution < 1.29 is 14.7 Å². The van der Waals surface area contributed by atoms with Crippen LogP contribution in [0, 0.1) is 0 Å². The third-order valence-corrected chi connectivity index (χ3v) is 3.68. The molecule has 1 fully saturated rings. The molecule has 1 heterocycles. The number of halogens is 2. The number of rotatable bonds is 3. The Balaban J connectivity index is 2.50. The summed E-state index contributed by atoms with van der Waals surface area (Å²) >= 11 is 16.6. The summed E-state index contributed by atoms with van der Waals surface area (Å²) in [6.07, 6.45) is 2.69. The van der Waals surface area contributed by atoms with E-state index in [-0.39, 0.29) is 38.6 Å². The Morgan fingerprint density at radius 2 is 2.05 bits per heavy atom. The van der Waals surface area contributed by atoms with Crippen LogP contribution in [0.1, 0.15) is 5.56 Å². The molecule has 1 aliphatic heterocycles. The summed E-state index contributed by atoms with van der Waals surface area (Å²) < 4.78 is 0. The second kappa shape index (κ2) is 6.48. The lowest BCUT2D eigenvalue weighted by Gasteiger charge is -2.27. The minimum absolute atomic E-state index is 0.000369. The van der Waals surface area contributed by atoms with Crippen LogP contribution in [0.5, 0.6) is 5.75 Å². The summed E-state index contributed by atoms with van der Waals surface area (Å²) in [6.45, 7) is 3.68. The summed E-state index contributed by atoms with van der Waals surface area (Å²) in [4.78, 5) is 25.5. The topological polar surface area (TPSA) is 69.6 Å². The summed E-state index contributed by atoms with van der Waals surface area (Å²) in [6, 6.07) is 2.74. The molecular weight excluding hydrogens is 347 g/mol. The van der Waals surface area contributed by atoms with E-state index in [4.69, 9.17) is 35.4 Å². The van der Waals surface area contributed by atoms with Crippen LogP contribution >= 0.6 is 35.4 Å². The first-order valence-electron chi connectivity index (χ1n) is 6.03. The zero-order chi connectivity index (χ0) is 16.4. The van der Waals surface area contributed by atoms with Crippen LogP contribution in [0.15, 0.2) is 30.4 Å². The number of benzene rings is 1. The molecule has 0 radical (unpaired) electrons. The van der Waals surface area contributed by atoms with Gasteiger partial charge in [0.2, 0.25) is 0 Å². The highest BCUT2D eigenvalue weighted by Crippen LogP contribution is 2.33. The quantitative estimate of drug-likeness (QED) is 0.378. The van der Waals surface area contributed by atoms with Crippen LogP contribution in [0.3, 0.4) is 0 Å². The van der Waals surface area contributed by atoms with Crippen LogP contribution in [-0.4, -0.2) is 33.5 Å². The summed E-state index contributed by atoms with van der Waals surface area (Å²) in [5.41, 5.74) is -0.0357. The molecular formula is C14H10Cl2N2O3S. The molecule has 0 unspecified atom stereocenters. The average Bonchev–Trinajstić information content (AvgIpc) is 2.44. The lowest BCUT2D eigenvalue weighted by Crippen LogP contribution is -2.53. The van der Waals surface area contributed by atoms with Crippen molar-refractivity contribution in [3.8, 4) is 5.75 Å². The third kappa shape index (κ3) is 3.14. The molecule has 1 aromatic carbocycles. The molecule has 2 N–H and O–H groups in total. The fourth-order valence-electron chi connectivity index (χ4n) is 1.84.